The Morgan fingerprint density at radius 2 is 2.36 bits per heavy atom. The molecule has 2 aliphatic rings. The van der Waals surface area contributed by atoms with Crippen molar-refractivity contribution in [1.82, 2.24) is 20.4 Å². The molecule has 6 nitrogen and oxygen atoms in total. The minimum absolute atomic E-state index is 0.0536. The van der Waals surface area contributed by atoms with E-state index in [1.165, 1.54) is 0 Å². The van der Waals surface area contributed by atoms with E-state index >= 15 is 0 Å². The molecule has 0 bridgehead atoms. The fourth-order valence-electron chi connectivity index (χ4n) is 2.83. The zero-order chi connectivity index (χ0) is 14.9. The fraction of sp³-hybridized carbons (Fsp3) is 0.533. The first kappa shape index (κ1) is 13.8. The number of nitrogens with one attached hydrogen (secondary N) is 1. The molecule has 2 fully saturated rings. The van der Waals surface area contributed by atoms with Crippen LogP contribution in [0.3, 0.4) is 0 Å². The zero-order valence-electron chi connectivity index (χ0n) is 12.2. The number of carbonyl (C=O) groups excluding carboxylic acids is 1. The lowest BCUT2D eigenvalue weighted by atomic mass is 10.2. The summed E-state index contributed by atoms with van der Waals surface area (Å²) in [6, 6.07) is 3.88. The van der Waals surface area contributed by atoms with Crippen molar-refractivity contribution in [1.29, 1.82) is 0 Å². The van der Waals surface area contributed by atoms with E-state index in [1.807, 2.05) is 22.4 Å². The quantitative estimate of drug-likeness (QED) is 0.940. The van der Waals surface area contributed by atoms with Gasteiger partial charge < -0.3 is 14.7 Å². The summed E-state index contributed by atoms with van der Waals surface area (Å²) >= 11 is 1.64. The molecule has 1 saturated heterocycles. The summed E-state index contributed by atoms with van der Waals surface area (Å²) in [6.07, 6.45) is 4.15. The number of aromatic nitrogens is 2. The first-order valence-electron chi connectivity index (χ1n) is 7.71. The van der Waals surface area contributed by atoms with Crippen molar-refractivity contribution in [2.24, 2.45) is 0 Å². The largest absolute Gasteiger partial charge is 0.337 e. The summed E-state index contributed by atoms with van der Waals surface area (Å²) < 4.78 is 5.40. The topological polar surface area (TPSA) is 71.3 Å². The van der Waals surface area contributed by atoms with Crippen LogP contribution in [0.15, 0.2) is 22.0 Å². The number of hydrogen-bond donors (Lipinski definition) is 1. The predicted octanol–water partition coefficient (Wildman–Crippen LogP) is 3.06. The molecule has 2 amide bonds. The van der Waals surface area contributed by atoms with Crippen molar-refractivity contribution in [3.63, 3.8) is 0 Å². The lowest BCUT2D eigenvalue weighted by Gasteiger charge is -2.22. The number of carbonyl (C=O) groups is 1. The van der Waals surface area contributed by atoms with Crippen molar-refractivity contribution in [3.8, 4) is 0 Å². The SMILES string of the molecule is O=C(NCc1cccs1)N1CCCC1c1nc(C2CC2)no1. The van der Waals surface area contributed by atoms with E-state index in [9.17, 15) is 4.79 Å². The highest BCUT2D eigenvalue weighted by Gasteiger charge is 2.36. The highest BCUT2D eigenvalue weighted by Crippen LogP contribution is 2.39. The maximum atomic E-state index is 12.4. The van der Waals surface area contributed by atoms with E-state index in [0.717, 1.165) is 42.9 Å². The molecule has 7 heteroatoms. The fourth-order valence-corrected chi connectivity index (χ4v) is 3.48. The standard InChI is InChI=1S/C15H18N4O2S/c20-15(16-9-11-3-2-8-22-11)19-7-1-4-12(19)14-17-13(18-21-14)10-5-6-10/h2-3,8,10,12H,1,4-7,9H2,(H,16,20). The highest BCUT2D eigenvalue weighted by molar-refractivity contribution is 7.09. The number of likely N-dealkylation sites (tertiary alicyclic amines) is 1. The second-order valence-corrected chi connectivity index (χ2v) is 6.89. The molecule has 4 rings (SSSR count). The van der Waals surface area contributed by atoms with Crippen LogP contribution in [0, 0.1) is 0 Å². The Labute approximate surface area is 132 Å². The minimum Gasteiger partial charge on any atom is -0.337 e. The van der Waals surface area contributed by atoms with Gasteiger partial charge in [-0.15, -0.1) is 11.3 Å². The van der Waals surface area contributed by atoms with E-state index in [2.05, 4.69) is 15.5 Å². The van der Waals surface area contributed by atoms with Gasteiger partial charge in [-0.2, -0.15) is 4.98 Å². The van der Waals surface area contributed by atoms with Crippen LogP contribution in [0.4, 0.5) is 4.79 Å². The van der Waals surface area contributed by atoms with Gasteiger partial charge in [0.1, 0.15) is 6.04 Å². The molecule has 1 aliphatic carbocycles. The molecule has 0 radical (unpaired) electrons. The molecular weight excluding hydrogens is 300 g/mol. The van der Waals surface area contributed by atoms with Crippen LogP contribution in [0.2, 0.25) is 0 Å². The molecule has 0 aromatic carbocycles. The van der Waals surface area contributed by atoms with Crippen molar-refractivity contribution >= 4 is 17.4 Å². The van der Waals surface area contributed by atoms with Gasteiger partial charge in [0, 0.05) is 17.3 Å². The van der Waals surface area contributed by atoms with Crippen molar-refractivity contribution in [2.75, 3.05) is 6.54 Å². The van der Waals surface area contributed by atoms with Crippen LogP contribution in [-0.2, 0) is 6.54 Å². The highest BCUT2D eigenvalue weighted by atomic mass is 32.1. The molecule has 1 N–H and O–H groups in total. The van der Waals surface area contributed by atoms with E-state index < -0.39 is 0 Å². The Morgan fingerprint density at radius 1 is 1.45 bits per heavy atom. The second kappa shape index (κ2) is 5.72. The summed E-state index contributed by atoms with van der Waals surface area (Å²) in [7, 11) is 0. The molecule has 22 heavy (non-hydrogen) atoms. The van der Waals surface area contributed by atoms with Gasteiger partial charge in [0.05, 0.1) is 6.54 Å². The van der Waals surface area contributed by atoms with Crippen LogP contribution in [0.25, 0.3) is 0 Å². The molecule has 3 heterocycles. The second-order valence-electron chi connectivity index (χ2n) is 5.85. The first-order chi connectivity index (χ1) is 10.8. The van der Waals surface area contributed by atoms with Crippen molar-refractivity contribution < 1.29 is 9.32 Å². The molecule has 0 spiro atoms. The third-order valence-corrected chi connectivity index (χ3v) is 5.07. The van der Waals surface area contributed by atoms with Crippen LogP contribution >= 0.6 is 11.3 Å². The Hall–Kier alpha value is -1.89. The summed E-state index contributed by atoms with van der Waals surface area (Å²) in [5.74, 6) is 1.87. The minimum atomic E-state index is -0.0802. The van der Waals surface area contributed by atoms with E-state index in [0.29, 0.717) is 18.4 Å². The number of urea groups is 1. The van der Waals surface area contributed by atoms with E-state index in [1.54, 1.807) is 11.3 Å². The Kier molecular flexibility index (Phi) is 3.57. The maximum Gasteiger partial charge on any atom is 0.318 e. The number of thiophene rings is 1. The van der Waals surface area contributed by atoms with Gasteiger partial charge >= 0.3 is 6.03 Å². The van der Waals surface area contributed by atoms with Crippen molar-refractivity contribution in [3.05, 3.63) is 34.1 Å². The van der Waals surface area contributed by atoms with Crippen LogP contribution in [-0.4, -0.2) is 27.6 Å². The van der Waals surface area contributed by atoms with Crippen molar-refractivity contribution in [2.45, 2.75) is 44.2 Å². The van der Waals surface area contributed by atoms with E-state index in [-0.39, 0.29) is 12.1 Å². The molecule has 2 aromatic heterocycles. The monoisotopic (exact) mass is 318 g/mol. The number of nitrogens with zero attached hydrogens (tertiary/aromatic N) is 3. The Balaban J connectivity index is 1.42. The Morgan fingerprint density at radius 3 is 3.14 bits per heavy atom. The number of rotatable bonds is 4. The average Bonchev–Trinajstić information content (AvgIpc) is 3.02. The predicted molar refractivity (Wildman–Crippen MR) is 81.5 cm³/mol. The van der Waals surface area contributed by atoms with Gasteiger partial charge in [-0.1, -0.05) is 11.2 Å². The number of amides is 2. The summed E-state index contributed by atoms with van der Waals surface area (Å²) in [6.45, 7) is 1.30. The van der Waals surface area contributed by atoms with Crippen LogP contribution < -0.4 is 5.32 Å². The molecule has 1 saturated carbocycles. The van der Waals surface area contributed by atoms with Crippen LogP contribution in [0.5, 0.6) is 0 Å². The molecule has 1 unspecified atom stereocenters. The average molecular weight is 318 g/mol. The first-order valence-corrected chi connectivity index (χ1v) is 8.59. The molecule has 2 aromatic rings. The smallest absolute Gasteiger partial charge is 0.318 e. The summed E-state index contributed by atoms with van der Waals surface area (Å²) in [5, 5.41) is 9.05. The third kappa shape index (κ3) is 2.72. The van der Waals surface area contributed by atoms with Gasteiger partial charge in [-0.3, -0.25) is 0 Å². The van der Waals surface area contributed by atoms with Gasteiger partial charge in [0.2, 0.25) is 5.89 Å². The molecule has 1 atom stereocenters. The number of hydrogen-bond acceptors (Lipinski definition) is 5. The lowest BCUT2D eigenvalue weighted by Crippen LogP contribution is -2.39. The Bertz CT molecular complexity index is 650. The normalized spacial score (nSPS) is 21.3. The van der Waals surface area contributed by atoms with E-state index in [4.69, 9.17) is 4.52 Å². The maximum absolute atomic E-state index is 12.4. The van der Waals surface area contributed by atoms with Gasteiger partial charge in [0.15, 0.2) is 5.82 Å². The lowest BCUT2D eigenvalue weighted by molar-refractivity contribution is 0.180. The zero-order valence-corrected chi connectivity index (χ0v) is 13.0. The molecular formula is C15H18N4O2S. The van der Waals surface area contributed by atoms with Gasteiger partial charge in [-0.25, -0.2) is 4.79 Å². The van der Waals surface area contributed by atoms with Crippen LogP contribution in [0.1, 0.15) is 54.2 Å². The summed E-state index contributed by atoms with van der Waals surface area (Å²) in [5.41, 5.74) is 0. The third-order valence-electron chi connectivity index (χ3n) is 4.19. The molecule has 1 aliphatic heterocycles. The van der Waals surface area contributed by atoms with Gasteiger partial charge in [0.25, 0.3) is 0 Å². The molecule has 116 valence electrons. The summed E-state index contributed by atoms with van der Waals surface area (Å²) in [4.78, 5) is 19.9. The van der Waals surface area contributed by atoms with Gasteiger partial charge in [-0.05, 0) is 37.1 Å².